The third-order valence-electron chi connectivity index (χ3n) is 3.26. The molecule has 5 nitrogen and oxygen atoms in total. The number of primary amides is 1. The molecule has 0 aromatic heterocycles. The third-order valence-corrected chi connectivity index (χ3v) is 3.79. The molecule has 0 aliphatic rings. The molecule has 2 rings (SSSR count). The Balaban J connectivity index is 1.94. The van der Waals surface area contributed by atoms with Crippen molar-refractivity contribution < 1.29 is 14.3 Å². The van der Waals surface area contributed by atoms with Gasteiger partial charge in [0, 0.05) is 18.1 Å². The highest BCUT2D eigenvalue weighted by Crippen LogP contribution is 2.17. The molecule has 2 aromatic carbocycles. The maximum absolute atomic E-state index is 12.1. The largest absolute Gasteiger partial charge is 0.483 e. The maximum atomic E-state index is 12.1. The van der Waals surface area contributed by atoms with Crippen LogP contribution in [0, 0.1) is 0 Å². The van der Waals surface area contributed by atoms with E-state index in [9.17, 15) is 9.59 Å². The summed E-state index contributed by atoms with van der Waals surface area (Å²) in [4.78, 5) is 25.0. The molecular weight excluding hydrogens is 360 g/mol. The summed E-state index contributed by atoms with van der Waals surface area (Å²) < 4.78 is 6.43. The molecule has 120 valence electrons. The zero-order chi connectivity index (χ0) is 16.8. The number of para-hydroxylation sites is 1. The van der Waals surface area contributed by atoms with Crippen molar-refractivity contribution >= 4 is 27.7 Å². The Kier molecular flexibility index (Phi) is 5.76. The van der Waals surface area contributed by atoms with Crippen LogP contribution in [-0.4, -0.2) is 30.4 Å². The Morgan fingerprint density at radius 3 is 2.43 bits per heavy atom. The number of benzene rings is 2. The average Bonchev–Trinajstić information content (AvgIpc) is 2.54. The number of halogens is 1. The minimum absolute atomic E-state index is 0.155. The number of ether oxygens (including phenoxy) is 1. The van der Waals surface area contributed by atoms with Gasteiger partial charge in [0.2, 0.25) is 0 Å². The predicted molar refractivity (Wildman–Crippen MR) is 91.1 cm³/mol. The van der Waals surface area contributed by atoms with Crippen LogP contribution >= 0.6 is 15.9 Å². The van der Waals surface area contributed by atoms with Gasteiger partial charge in [-0.1, -0.05) is 40.2 Å². The Hall–Kier alpha value is -2.34. The maximum Gasteiger partial charge on any atom is 0.260 e. The number of rotatable bonds is 6. The summed E-state index contributed by atoms with van der Waals surface area (Å²) in [5.41, 5.74) is 6.55. The highest BCUT2D eigenvalue weighted by Gasteiger charge is 2.13. The summed E-state index contributed by atoms with van der Waals surface area (Å²) in [5.74, 6) is -0.464. The molecule has 23 heavy (non-hydrogen) atoms. The second-order valence-electron chi connectivity index (χ2n) is 5.03. The zero-order valence-corrected chi connectivity index (χ0v) is 14.2. The van der Waals surface area contributed by atoms with Crippen LogP contribution in [-0.2, 0) is 11.3 Å². The molecule has 0 saturated heterocycles. The van der Waals surface area contributed by atoms with Crippen molar-refractivity contribution in [3.05, 3.63) is 64.1 Å². The summed E-state index contributed by atoms with van der Waals surface area (Å²) in [6.07, 6.45) is 0. The standard InChI is InChI=1S/C17H17BrN2O3/c1-20(10-12-6-8-13(18)9-7-12)16(21)11-23-15-5-3-2-4-14(15)17(19)22/h2-9H,10-11H2,1H3,(H2,19,22). The molecule has 2 amide bonds. The molecule has 2 aromatic rings. The van der Waals surface area contributed by atoms with Crippen molar-refractivity contribution in [3.8, 4) is 5.75 Å². The number of hydrogen-bond donors (Lipinski definition) is 1. The van der Waals surface area contributed by atoms with Crippen molar-refractivity contribution in [1.29, 1.82) is 0 Å². The normalized spacial score (nSPS) is 10.2. The van der Waals surface area contributed by atoms with Gasteiger partial charge >= 0.3 is 0 Å². The van der Waals surface area contributed by atoms with Crippen molar-refractivity contribution in [1.82, 2.24) is 4.90 Å². The summed E-state index contributed by atoms with van der Waals surface area (Å²) >= 11 is 3.37. The Bertz CT molecular complexity index is 701. The van der Waals surface area contributed by atoms with Crippen LogP contribution < -0.4 is 10.5 Å². The van der Waals surface area contributed by atoms with E-state index in [0.717, 1.165) is 10.0 Å². The van der Waals surface area contributed by atoms with Gasteiger partial charge in [-0.05, 0) is 29.8 Å². The predicted octanol–water partition coefficient (Wildman–Crippen LogP) is 2.59. The number of nitrogens with two attached hydrogens (primary N) is 1. The van der Waals surface area contributed by atoms with Crippen LogP contribution in [0.3, 0.4) is 0 Å². The van der Waals surface area contributed by atoms with Gasteiger partial charge in [-0.25, -0.2) is 0 Å². The minimum atomic E-state index is -0.587. The van der Waals surface area contributed by atoms with E-state index in [1.807, 2.05) is 24.3 Å². The van der Waals surface area contributed by atoms with Gasteiger partial charge in [0.15, 0.2) is 6.61 Å². The number of carbonyl (C=O) groups excluding carboxylic acids is 2. The average molecular weight is 377 g/mol. The number of carbonyl (C=O) groups is 2. The van der Waals surface area contributed by atoms with Crippen LogP contribution in [0.1, 0.15) is 15.9 Å². The lowest BCUT2D eigenvalue weighted by Crippen LogP contribution is -2.31. The lowest BCUT2D eigenvalue weighted by Gasteiger charge is -2.18. The first kappa shape index (κ1) is 17.0. The van der Waals surface area contributed by atoms with Crippen molar-refractivity contribution in [2.75, 3.05) is 13.7 Å². The molecule has 2 N–H and O–H groups in total. The Morgan fingerprint density at radius 1 is 1.13 bits per heavy atom. The number of nitrogens with zero attached hydrogens (tertiary/aromatic N) is 1. The van der Waals surface area contributed by atoms with E-state index in [4.69, 9.17) is 10.5 Å². The molecule has 0 heterocycles. The van der Waals surface area contributed by atoms with E-state index in [-0.39, 0.29) is 18.1 Å². The van der Waals surface area contributed by atoms with E-state index in [2.05, 4.69) is 15.9 Å². The Labute approximate surface area is 143 Å². The van der Waals surface area contributed by atoms with Crippen LogP contribution in [0.25, 0.3) is 0 Å². The van der Waals surface area contributed by atoms with E-state index in [1.165, 1.54) is 0 Å². The van der Waals surface area contributed by atoms with Crippen LogP contribution in [0.15, 0.2) is 53.0 Å². The second-order valence-corrected chi connectivity index (χ2v) is 5.94. The quantitative estimate of drug-likeness (QED) is 0.841. The number of amides is 2. The van der Waals surface area contributed by atoms with Crippen molar-refractivity contribution in [2.24, 2.45) is 5.73 Å². The fourth-order valence-electron chi connectivity index (χ4n) is 2.00. The second kappa shape index (κ2) is 7.78. The summed E-state index contributed by atoms with van der Waals surface area (Å²) in [6.45, 7) is 0.324. The summed E-state index contributed by atoms with van der Waals surface area (Å²) in [7, 11) is 1.70. The smallest absolute Gasteiger partial charge is 0.260 e. The molecule has 0 saturated carbocycles. The van der Waals surface area contributed by atoms with Crippen LogP contribution in [0.5, 0.6) is 5.75 Å². The van der Waals surface area contributed by atoms with Gasteiger partial charge in [0.25, 0.3) is 11.8 Å². The SMILES string of the molecule is CN(Cc1ccc(Br)cc1)C(=O)COc1ccccc1C(N)=O. The van der Waals surface area contributed by atoms with Gasteiger partial charge in [0.1, 0.15) is 5.75 Å². The van der Waals surface area contributed by atoms with Gasteiger partial charge < -0.3 is 15.4 Å². The highest BCUT2D eigenvalue weighted by atomic mass is 79.9. The highest BCUT2D eigenvalue weighted by molar-refractivity contribution is 9.10. The van der Waals surface area contributed by atoms with Crippen molar-refractivity contribution in [3.63, 3.8) is 0 Å². The first-order chi connectivity index (χ1) is 11.0. The van der Waals surface area contributed by atoms with Gasteiger partial charge in [-0.15, -0.1) is 0 Å². The first-order valence-corrected chi connectivity index (χ1v) is 7.76. The van der Waals surface area contributed by atoms with Crippen LogP contribution in [0.4, 0.5) is 0 Å². The molecule has 6 heteroatoms. The molecule has 0 aliphatic heterocycles. The number of likely N-dealkylation sites (N-methyl/N-ethyl adjacent to an activating group) is 1. The molecule has 0 bridgehead atoms. The molecule has 0 atom stereocenters. The van der Waals surface area contributed by atoms with Crippen LogP contribution in [0.2, 0.25) is 0 Å². The topological polar surface area (TPSA) is 72.6 Å². The number of hydrogen-bond acceptors (Lipinski definition) is 3. The van der Waals surface area contributed by atoms with Gasteiger partial charge in [-0.3, -0.25) is 9.59 Å². The molecule has 0 aliphatic carbocycles. The van der Waals surface area contributed by atoms with E-state index in [0.29, 0.717) is 12.3 Å². The van der Waals surface area contributed by atoms with Gasteiger partial charge in [0.05, 0.1) is 5.56 Å². The fourth-order valence-corrected chi connectivity index (χ4v) is 2.26. The first-order valence-electron chi connectivity index (χ1n) is 6.97. The van der Waals surface area contributed by atoms with Gasteiger partial charge in [-0.2, -0.15) is 0 Å². The fraction of sp³-hybridized carbons (Fsp3) is 0.176. The minimum Gasteiger partial charge on any atom is -0.483 e. The lowest BCUT2D eigenvalue weighted by atomic mass is 10.2. The molecule has 0 unspecified atom stereocenters. The van der Waals surface area contributed by atoms with E-state index in [1.54, 1.807) is 36.2 Å². The third kappa shape index (κ3) is 4.82. The molecule has 0 radical (unpaired) electrons. The lowest BCUT2D eigenvalue weighted by molar-refractivity contribution is -0.132. The zero-order valence-electron chi connectivity index (χ0n) is 12.7. The monoisotopic (exact) mass is 376 g/mol. The summed E-state index contributed by atoms with van der Waals surface area (Å²) in [5, 5.41) is 0. The molecule has 0 spiro atoms. The van der Waals surface area contributed by atoms with Crippen molar-refractivity contribution in [2.45, 2.75) is 6.54 Å². The summed E-state index contributed by atoms with van der Waals surface area (Å²) in [6, 6.07) is 14.3. The van der Waals surface area contributed by atoms with E-state index >= 15 is 0 Å². The van der Waals surface area contributed by atoms with E-state index < -0.39 is 5.91 Å². The Morgan fingerprint density at radius 2 is 1.78 bits per heavy atom. The molecular formula is C17H17BrN2O3. The molecule has 0 fully saturated rings.